The summed E-state index contributed by atoms with van der Waals surface area (Å²) >= 11 is 0. The molecule has 0 aromatic heterocycles. The van der Waals surface area contributed by atoms with Gasteiger partial charge in [0.05, 0.1) is 6.61 Å². The second-order valence-corrected chi connectivity index (χ2v) is 8.16. The summed E-state index contributed by atoms with van der Waals surface area (Å²) in [6, 6.07) is 7.64. The molecule has 0 aliphatic carbocycles. The van der Waals surface area contributed by atoms with Crippen molar-refractivity contribution in [3.8, 4) is 0 Å². The number of rotatable bonds is 4. The number of anilines is 1. The van der Waals surface area contributed by atoms with Gasteiger partial charge in [-0.1, -0.05) is 39.0 Å². The first-order valence-corrected chi connectivity index (χ1v) is 9.35. The van der Waals surface area contributed by atoms with Gasteiger partial charge in [-0.2, -0.15) is 0 Å². The van der Waals surface area contributed by atoms with Crippen molar-refractivity contribution < 1.29 is 18.3 Å². The maximum atomic E-state index is 14.4. The maximum absolute atomic E-state index is 14.4. The highest BCUT2D eigenvalue weighted by Crippen LogP contribution is 2.31. The van der Waals surface area contributed by atoms with Crippen molar-refractivity contribution in [2.75, 3.05) is 19.0 Å². The molecule has 3 rings (SSSR count). The van der Waals surface area contributed by atoms with E-state index in [9.17, 15) is 13.6 Å². The van der Waals surface area contributed by atoms with E-state index >= 15 is 0 Å². The summed E-state index contributed by atoms with van der Waals surface area (Å²) in [7, 11) is 1.64. The van der Waals surface area contributed by atoms with E-state index in [2.05, 4.69) is 10.6 Å². The standard InChI is InChI=1S/C22H26F2N2O2.ClH/c1-22(2,3)19-17(23)10-15(11-18(19)24)26-21(27)20-16-6-5-13(12-28-4)9-14(16)7-8-25-20;/h5-6,9-11,20,25H,7-8,12H2,1-4H3,(H,26,27);1H. The third-order valence-electron chi connectivity index (χ3n) is 4.89. The minimum absolute atomic E-state index is 0. The molecule has 0 saturated heterocycles. The van der Waals surface area contributed by atoms with Gasteiger partial charge in [0, 0.05) is 24.9 Å². The van der Waals surface area contributed by atoms with Crippen LogP contribution in [0.3, 0.4) is 0 Å². The Kier molecular flexibility index (Phi) is 7.38. The van der Waals surface area contributed by atoms with Crippen LogP contribution in [0, 0.1) is 11.6 Å². The van der Waals surface area contributed by atoms with Crippen molar-refractivity contribution >= 4 is 24.0 Å². The van der Waals surface area contributed by atoms with Gasteiger partial charge in [-0.25, -0.2) is 8.78 Å². The molecule has 2 aromatic rings. The van der Waals surface area contributed by atoms with E-state index in [0.29, 0.717) is 13.2 Å². The van der Waals surface area contributed by atoms with Gasteiger partial charge >= 0.3 is 0 Å². The minimum atomic E-state index is -0.666. The fourth-order valence-corrected chi connectivity index (χ4v) is 3.68. The van der Waals surface area contributed by atoms with Crippen LogP contribution >= 0.6 is 12.4 Å². The Morgan fingerprint density at radius 2 is 1.86 bits per heavy atom. The normalized spacial score (nSPS) is 16.0. The Labute approximate surface area is 176 Å². The molecule has 4 nitrogen and oxygen atoms in total. The molecule has 29 heavy (non-hydrogen) atoms. The van der Waals surface area contributed by atoms with E-state index in [0.717, 1.165) is 23.1 Å². The lowest BCUT2D eigenvalue weighted by atomic mass is 9.86. The largest absolute Gasteiger partial charge is 0.380 e. The molecule has 158 valence electrons. The zero-order chi connectivity index (χ0) is 20.5. The lowest BCUT2D eigenvalue weighted by molar-refractivity contribution is -0.118. The zero-order valence-corrected chi connectivity index (χ0v) is 17.9. The summed E-state index contributed by atoms with van der Waals surface area (Å²) in [6.07, 6.45) is 0.806. The van der Waals surface area contributed by atoms with Gasteiger partial charge in [0.15, 0.2) is 0 Å². The Hall–Kier alpha value is -2.02. The predicted molar refractivity (Wildman–Crippen MR) is 113 cm³/mol. The van der Waals surface area contributed by atoms with Gasteiger partial charge in [-0.3, -0.25) is 4.79 Å². The van der Waals surface area contributed by atoms with Crippen LogP contribution in [-0.2, 0) is 28.0 Å². The van der Waals surface area contributed by atoms with Crippen LogP contribution in [0.5, 0.6) is 0 Å². The SMILES string of the molecule is COCc1ccc2c(c1)CCNC2C(=O)Nc1cc(F)c(C(C)(C)C)c(F)c1.Cl. The van der Waals surface area contributed by atoms with Gasteiger partial charge in [-0.05, 0) is 40.7 Å². The molecule has 1 aliphatic heterocycles. The van der Waals surface area contributed by atoms with Crippen LogP contribution in [0.1, 0.15) is 49.1 Å². The number of amides is 1. The number of halogens is 3. The Morgan fingerprint density at radius 3 is 2.45 bits per heavy atom. The molecule has 0 spiro atoms. The number of hydrogen-bond donors (Lipinski definition) is 2. The smallest absolute Gasteiger partial charge is 0.246 e. The quantitative estimate of drug-likeness (QED) is 0.750. The zero-order valence-electron chi connectivity index (χ0n) is 17.1. The molecule has 1 atom stereocenters. The van der Waals surface area contributed by atoms with Crippen molar-refractivity contribution in [2.45, 2.75) is 45.3 Å². The van der Waals surface area contributed by atoms with Crippen molar-refractivity contribution in [3.63, 3.8) is 0 Å². The number of nitrogens with one attached hydrogen (secondary N) is 2. The van der Waals surface area contributed by atoms with Crippen molar-refractivity contribution in [2.24, 2.45) is 0 Å². The number of methoxy groups -OCH3 is 1. The fourth-order valence-electron chi connectivity index (χ4n) is 3.68. The molecule has 7 heteroatoms. The first-order valence-electron chi connectivity index (χ1n) is 9.35. The second kappa shape index (κ2) is 9.20. The number of carbonyl (C=O) groups is 1. The fraction of sp³-hybridized carbons (Fsp3) is 0.409. The second-order valence-electron chi connectivity index (χ2n) is 8.16. The molecule has 2 N–H and O–H groups in total. The summed E-state index contributed by atoms with van der Waals surface area (Å²) < 4.78 is 34.0. The third kappa shape index (κ3) is 5.13. The van der Waals surface area contributed by atoms with Gasteiger partial charge in [-0.15, -0.1) is 12.4 Å². The van der Waals surface area contributed by atoms with Gasteiger partial charge < -0.3 is 15.4 Å². The van der Waals surface area contributed by atoms with E-state index in [4.69, 9.17) is 4.74 Å². The summed E-state index contributed by atoms with van der Waals surface area (Å²) in [5.41, 5.74) is 2.45. The molecule has 0 saturated carbocycles. The Balaban J connectivity index is 0.00000300. The highest BCUT2D eigenvalue weighted by molar-refractivity contribution is 5.96. The average molecular weight is 425 g/mol. The van der Waals surface area contributed by atoms with Crippen LogP contribution in [0.2, 0.25) is 0 Å². The molecule has 1 heterocycles. The van der Waals surface area contributed by atoms with Gasteiger partial charge in [0.25, 0.3) is 0 Å². The average Bonchev–Trinajstić information content (AvgIpc) is 2.59. The molecule has 0 fully saturated rings. The van der Waals surface area contributed by atoms with Gasteiger partial charge in [0.1, 0.15) is 17.7 Å². The van der Waals surface area contributed by atoms with E-state index in [1.807, 2.05) is 18.2 Å². The van der Waals surface area contributed by atoms with Crippen molar-refractivity contribution in [1.29, 1.82) is 0 Å². The topological polar surface area (TPSA) is 50.4 Å². The van der Waals surface area contributed by atoms with Crippen molar-refractivity contribution in [1.82, 2.24) is 5.32 Å². The number of benzene rings is 2. The molecule has 0 radical (unpaired) electrons. The van der Waals surface area contributed by atoms with Crippen LogP contribution in [0.15, 0.2) is 30.3 Å². The molecular weight excluding hydrogens is 398 g/mol. The van der Waals surface area contributed by atoms with E-state index in [1.165, 1.54) is 12.1 Å². The van der Waals surface area contributed by atoms with Crippen molar-refractivity contribution in [3.05, 3.63) is 64.2 Å². The number of carbonyl (C=O) groups excluding carboxylic acids is 1. The van der Waals surface area contributed by atoms with Gasteiger partial charge in [0.2, 0.25) is 5.91 Å². The first-order chi connectivity index (χ1) is 13.2. The minimum Gasteiger partial charge on any atom is -0.380 e. The van der Waals surface area contributed by atoms with E-state index in [1.54, 1.807) is 27.9 Å². The molecule has 2 aromatic carbocycles. The highest BCUT2D eigenvalue weighted by Gasteiger charge is 2.28. The van der Waals surface area contributed by atoms with Crippen LogP contribution in [0.4, 0.5) is 14.5 Å². The molecule has 0 bridgehead atoms. The number of hydrogen-bond acceptors (Lipinski definition) is 3. The Bertz CT molecular complexity index is 874. The summed E-state index contributed by atoms with van der Waals surface area (Å²) in [5, 5.41) is 5.83. The Morgan fingerprint density at radius 1 is 1.21 bits per heavy atom. The molecular formula is C22H27ClF2N2O2. The lowest BCUT2D eigenvalue weighted by Crippen LogP contribution is -2.38. The highest BCUT2D eigenvalue weighted by atomic mass is 35.5. The number of fused-ring (bicyclic) bond motifs is 1. The summed E-state index contributed by atoms with van der Waals surface area (Å²) in [4.78, 5) is 12.8. The lowest BCUT2D eigenvalue weighted by Gasteiger charge is -2.27. The molecule has 1 unspecified atom stereocenters. The summed E-state index contributed by atoms with van der Waals surface area (Å²) in [6.45, 7) is 6.39. The van der Waals surface area contributed by atoms with Crippen LogP contribution < -0.4 is 10.6 Å². The van der Waals surface area contributed by atoms with E-state index < -0.39 is 23.1 Å². The maximum Gasteiger partial charge on any atom is 0.246 e. The van der Waals surface area contributed by atoms with Crippen LogP contribution in [0.25, 0.3) is 0 Å². The summed E-state index contributed by atoms with van der Waals surface area (Å²) in [5.74, 6) is -1.67. The number of ether oxygens (including phenoxy) is 1. The first kappa shape index (κ1) is 23.3. The molecule has 1 aliphatic rings. The third-order valence-corrected chi connectivity index (χ3v) is 4.89. The predicted octanol–water partition coefficient (Wildman–Crippen LogP) is 4.66. The van der Waals surface area contributed by atoms with E-state index in [-0.39, 0.29) is 29.6 Å². The monoisotopic (exact) mass is 424 g/mol. The molecule has 1 amide bonds. The van der Waals surface area contributed by atoms with Crippen LogP contribution in [-0.4, -0.2) is 19.6 Å².